The third kappa shape index (κ3) is 3.07. The molecule has 0 atom stereocenters. The van der Waals surface area contributed by atoms with Gasteiger partial charge >= 0.3 is 0 Å². The normalized spacial score (nSPS) is 19.1. The number of rotatable bonds is 5. The average molecular weight is 387 g/mol. The molecule has 0 aliphatic carbocycles. The summed E-state index contributed by atoms with van der Waals surface area (Å²) in [5.41, 5.74) is 5.61. The van der Waals surface area contributed by atoms with Gasteiger partial charge in [0.05, 0.1) is 16.9 Å². The smallest absolute Gasteiger partial charge is 0.227 e. The third-order valence-corrected chi connectivity index (χ3v) is 6.97. The summed E-state index contributed by atoms with van der Waals surface area (Å²) in [6, 6.07) is 4.01. The zero-order chi connectivity index (χ0) is 19.2. The van der Waals surface area contributed by atoms with Crippen LogP contribution in [0, 0.1) is 5.41 Å². The number of H-pyrrole nitrogens is 1. The first-order valence-electron chi connectivity index (χ1n) is 9.81. The molecule has 5 nitrogen and oxygen atoms in total. The number of halogens is 1. The van der Waals surface area contributed by atoms with E-state index in [1.54, 1.807) is 4.90 Å². The molecule has 1 aromatic heterocycles. The fourth-order valence-corrected chi connectivity index (χ4v) is 4.86. The number of carbonyl (C=O) groups excluding carboxylic acids is 1. The molecule has 1 N–H and O–H groups in total. The van der Waals surface area contributed by atoms with E-state index < -0.39 is 0 Å². The highest BCUT2D eigenvalue weighted by Crippen LogP contribution is 2.41. The molecule has 4 rings (SSSR count). The second kappa shape index (κ2) is 6.95. The molecule has 1 saturated heterocycles. The van der Waals surface area contributed by atoms with Gasteiger partial charge in [0.2, 0.25) is 5.91 Å². The highest BCUT2D eigenvalue weighted by atomic mass is 35.5. The van der Waals surface area contributed by atoms with Crippen molar-refractivity contribution in [2.75, 3.05) is 25.0 Å². The van der Waals surface area contributed by atoms with E-state index in [2.05, 4.69) is 28.9 Å². The summed E-state index contributed by atoms with van der Waals surface area (Å²) in [6.07, 6.45) is 5.59. The second-order valence-electron chi connectivity index (χ2n) is 8.00. The number of carbonyl (C=O) groups is 1. The summed E-state index contributed by atoms with van der Waals surface area (Å²) in [4.78, 5) is 16.2. The largest absolute Gasteiger partial charge is 0.315 e. The Balaban J connectivity index is 1.59. The SMILES string of the molecule is CCC1(CC)CN(Cc2cn[nH]c2-c2ccc3c(c2Cl)CCC(=O)N3C)C1. The molecule has 6 heteroatoms. The molecule has 1 fully saturated rings. The van der Waals surface area contributed by atoms with E-state index in [4.69, 9.17) is 11.6 Å². The van der Waals surface area contributed by atoms with Gasteiger partial charge in [-0.1, -0.05) is 25.4 Å². The first-order chi connectivity index (χ1) is 13.0. The maximum atomic E-state index is 12.0. The zero-order valence-corrected chi connectivity index (χ0v) is 17.1. The summed E-state index contributed by atoms with van der Waals surface area (Å²) >= 11 is 6.78. The van der Waals surface area contributed by atoms with Crippen LogP contribution in [0.2, 0.25) is 5.02 Å². The van der Waals surface area contributed by atoms with Crippen LogP contribution in [0.25, 0.3) is 11.3 Å². The van der Waals surface area contributed by atoms with Crippen molar-refractivity contribution < 1.29 is 4.79 Å². The number of amides is 1. The molecule has 0 unspecified atom stereocenters. The molecule has 0 saturated carbocycles. The van der Waals surface area contributed by atoms with Gasteiger partial charge in [0.1, 0.15) is 0 Å². The Morgan fingerprint density at radius 2 is 1.96 bits per heavy atom. The fraction of sp³-hybridized carbons (Fsp3) is 0.524. The van der Waals surface area contributed by atoms with Crippen LogP contribution in [-0.2, 0) is 17.8 Å². The van der Waals surface area contributed by atoms with Gasteiger partial charge in [-0.2, -0.15) is 5.10 Å². The third-order valence-electron chi connectivity index (χ3n) is 6.54. The molecule has 2 aliphatic rings. The molecular formula is C21H27ClN4O. The predicted octanol–water partition coefficient (Wildman–Crippen LogP) is 4.26. The summed E-state index contributed by atoms with van der Waals surface area (Å²) in [7, 11) is 1.82. The number of hydrogen-bond donors (Lipinski definition) is 1. The van der Waals surface area contributed by atoms with Crippen molar-refractivity contribution in [3.63, 3.8) is 0 Å². The molecule has 3 heterocycles. The summed E-state index contributed by atoms with van der Waals surface area (Å²) in [6.45, 7) is 7.77. The summed E-state index contributed by atoms with van der Waals surface area (Å²) < 4.78 is 0. The average Bonchev–Trinajstić information content (AvgIpc) is 3.09. The minimum absolute atomic E-state index is 0.140. The predicted molar refractivity (Wildman–Crippen MR) is 109 cm³/mol. The van der Waals surface area contributed by atoms with Gasteiger partial charge in [-0.05, 0) is 42.4 Å². The van der Waals surface area contributed by atoms with Crippen LogP contribution in [0.15, 0.2) is 18.3 Å². The lowest BCUT2D eigenvalue weighted by Gasteiger charge is -2.50. The van der Waals surface area contributed by atoms with Crippen LogP contribution in [0.3, 0.4) is 0 Å². The maximum Gasteiger partial charge on any atom is 0.227 e. The van der Waals surface area contributed by atoms with Crippen LogP contribution in [0.4, 0.5) is 5.69 Å². The van der Waals surface area contributed by atoms with Gasteiger partial charge in [0, 0.05) is 49.9 Å². The zero-order valence-electron chi connectivity index (χ0n) is 16.3. The Bertz CT molecular complexity index is 863. The first kappa shape index (κ1) is 18.5. The van der Waals surface area contributed by atoms with Crippen molar-refractivity contribution in [2.45, 2.75) is 46.1 Å². The lowest BCUT2D eigenvalue weighted by molar-refractivity contribution is -0.118. The van der Waals surface area contributed by atoms with Crippen molar-refractivity contribution in [1.29, 1.82) is 0 Å². The lowest BCUT2D eigenvalue weighted by atomic mass is 9.75. The van der Waals surface area contributed by atoms with Crippen LogP contribution >= 0.6 is 11.6 Å². The van der Waals surface area contributed by atoms with Crippen molar-refractivity contribution in [2.24, 2.45) is 5.41 Å². The van der Waals surface area contributed by atoms with Gasteiger partial charge in [0.25, 0.3) is 0 Å². The highest BCUT2D eigenvalue weighted by molar-refractivity contribution is 6.34. The van der Waals surface area contributed by atoms with Gasteiger partial charge in [0.15, 0.2) is 0 Å². The quantitative estimate of drug-likeness (QED) is 0.835. The molecular weight excluding hydrogens is 360 g/mol. The van der Waals surface area contributed by atoms with E-state index in [0.717, 1.165) is 47.2 Å². The van der Waals surface area contributed by atoms with E-state index in [-0.39, 0.29) is 5.91 Å². The van der Waals surface area contributed by atoms with Crippen molar-refractivity contribution >= 4 is 23.2 Å². The number of anilines is 1. The summed E-state index contributed by atoms with van der Waals surface area (Å²) in [5.74, 6) is 0.140. The number of aromatic nitrogens is 2. The van der Waals surface area contributed by atoms with Crippen LogP contribution in [0.5, 0.6) is 0 Å². The second-order valence-corrected chi connectivity index (χ2v) is 8.38. The Hall–Kier alpha value is -1.85. The molecule has 1 aromatic carbocycles. The number of nitrogens with zero attached hydrogens (tertiary/aromatic N) is 3. The molecule has 2 aliphatic heterocycles. The Labute approximate surface area is 165 Å². The Morgan fingerprint density at radius 3 is 2.67 bits per heavy atom. The fourth-order valence-electron chi connectivity index (χ4n) is 4.51. The van der Waals surface area contributed by atoms with Crippen molar-refractivity contribution in [3.05, 3.63) is 34.5 Å². The number of likely N-dealkylation sites (tertiary alicyclic amines) is 1. The lowest BCUT2D eigenvalue weighted by Crippen LogP contribution is -2.54. The number of nitrogens with one attached hydrogen (secondary N) is 1. The highest BCUT2D eigenvalue weighted by Gasteiger charge is 2.39. The first-order valence-corrected chi connectivity index (χ1v) is 10.2. The molecule has 1 amide bonds. The standard InChI is InChI=1S/C21H27ClN4O/c1-4-21(5-2)12-26(13-21)11-14-10-23-24-20(14)16-6-8-17-15(19(16)22)7-9-18(27)25(17)3/h6,8,10H,4-5,7,9,11-13H2,1-3H3,(H,23,24). The Morgan fingerprint density at radius 1 is 1.22 bits per heavy atom. The maximum absolute atomic E-state index is 12.0. The number of fused-ring (bicyclic) bond motifs is 1. The minimum Gasteiger partial charge on any atom is -0.315 e. The number of hydrogen-bond acceptors (Lipinski definition) is 3. The summed E-state index contributed by atoms with van der Waals surface area (Å²) in [5, 5.41) is 8.18. The molecule has 0 bridgehead atoms. The van der Waals surface area contributed by atoms with Gasteiger partial charge in [-0.3, -0.25) is 14.8 Å². The van der Waals surface area contributed by atoms with Gasteiger partial charge in [-0.25, -0.2) is 0 Å². The monoisotopic (exact) mass is 386 g/mol. The molecule has 144 valence electrons. The van der Waals surface area contributed by atoms with E-state index in [1.807, 2.05) is 25.4 Å². The van der Waals surface area contributed by atoms with E-state index >= 15 is 0 Å². The van der Waals surface area contributed by atoms with Crippen LogP contribution in [0.1, 0.15) is 44.2 Å². The minimum atomic E-state index is 0.140. The van der Waals surface area contributed by atoms with Gasteiger partial charge < -0.3 is 4.90 Å². The van der Waals surface area contributed by atoms with Crippen molar-refractivity contribution in [1.82, 2.24) is 15.1 Å². The molecule has 0 spiro atoms. The number of benzene rings is 1. The van der Waals surface area contributed by atoms with Crippen LogP contribution in [-0.4, -0.2) is 41.1 Å². The molecule has 2 aromatic rings. The van der Waals surface area contributed by atoms with Gasteiger partial charge in [-0.15, -0.1) is 0 Å². The molecule has 27 heavy (non-hydrogen) atoms. The van der Waals surface area contributed by atoms with Crippen molar-refractivity contribution in [3.8, 4) is 11.3 Å². The number of aromatic amines is 1. The topological polar surface area (TPSA) is 52.2 Å². The van der Waals surface area contributed by atoms with E-state index in [1.165, 1.54) is 18.4 Å². The molecule has 0 radical (unpaired) electrons. The van der Waals surface area contributed by atoms with E-state index in [0.29, 0.717) is 18.3 Å². The van der Waals surface area contributed by atoms with E-state index in [9.17, 15) is 4.79 Å². The Kier molecular flexibility index (Phi) is 4.77. The van der Waals surface area contributed by atoms with Crippen LogP contribution < -0.4 is 4.90 Å².